The van der Waals surface area contributed by atoms with E-state index in [0.29, 0.717) is 19.1 Å². The van der Waals surface area contributed by atoms with Gasteiger partial charge in [0.05, 0.1) is 17.9 Å². The summed E-state index contributed by atoms with van der Waals surface area (Å²) in [6.45, 7) is 7.82. The second kappa shape index (κ2) is 11.7. The molecule has 4 rings (SSSR count). The Hall–Kier alpha value is -1.83. The van der Waals surface area contributed by atoms with Gasteiger partial charge in [-0.25, -0.2) is 0 Å². The van der Waals surface area contributed by atoms with Crippen LogP contribution < -0.4 is 16.0 Å². The first-order valence-electron chi connectivity index (χ1n) is 12.9. The summed E-state index contributed by atoms with van der Waals surface area (Å²) in [4.78, 5) is 29.9. The monoisotopic (exact) mass is 490 g/mol. The fourth-order valence-corrected chi connectivity index (χ4v) is 6.31. The molecule has 1 aliphatic heterocycles. The lowest BCUT2D eigenvalue weighted by molar-refractivity contribution is -0.135. The predicted molar refractivity (Wildman–Crippen MR) is 135 cm³/mol. The summed E-state index contributed by atoms with van der Waals surface area (Å²) in [6.07, 6.45) is 5.01. The molecule has 2 amide bonds. The van der Waals surface area contributed by atoms with E-state index in [9.17, 15) is 9.59 Å². The Labute approximate surface area is 208 Å². The van der Waals surface area contributed by atoms with Gasteiger partial charge < -0.3 is 20.7 Å². The fourth-order valence-electron chi connectivity index (χ4n) is 6.13. The quantitative estimate of drug-likeness (QED) is 0.466. The number of primary amides is 1. The number of unbranched alkanes of at least 4 members (excludes halogenated alkanes) is 1. The Morgan fingerprint density at radius 1 is 1.18 bits per heavy atom. The molecule has 3 aliphatic rings. The zero-order valence-electron chi connectivity index (χ0n) is 20.3. The number of ether oxygens (including phenoxy) is 1. The van der Waals surface area contributed by atoms with Crippen LogP contribution in [-0.4, -0.2) is 68.7 Å². The van der Waals surface area contributed by atoms with Gasteiger partial charge >= 0.3 is 0 Å². The number of benzene rings is 1. The summed E-state index contributed by atoms with van der Waals surface area (Å²) in [7, 11) is 0. The molecule has 7 nitrogen and oxygen atoms in total. The molecule has 0 spiro atoms. The van der Waals surface area contributed by atoms with E-state index in [1.165, 1.54) is 0 Å². The molecule has 34 heavy (non-hydrogen) atoms. The number of halogens is 1. The predicted octanol–water partition coefficient (Wildman–Crippen LogP) is 2.91. The third kappa shape index (κ3) is 6.04. The van der Waals surface area contributed by atoms with Gasteiger partial charge in [0.15, 0.2) is 0 Å². The molecule has 5 unspecified atom stereocenters. The standard InChI is InChI=1S/C26H39ClN4O3/c1-2-3-13-34-22(16-29-26(33)24-19-8-7-18(14-19)23(24)25(28)32)17-30-9-11-31(12-10-30)21-6-4-5-20(27)15-21/h4-6,15,18-19,22-24H,2-3,7-14,16-17H2,1H3,(H2,28,32)(H,29,33). The number of hydrogen-bond acceptors (Lipinski definition) is 5. The van der Waals surface area contributed by atoms with Gasteiger partial charge in [-0.15, -0.1) is 0 Å². The van der Waals surface area contributed by atoms with Crippen molar-refractivity contribution >= 4 is 29.1 Å². The van der Waals surface area contributed by atoms with Crippen LogP contribution in [0.2, 0.25) is 5.02 Å². The van der Waals surface area contributed by atoms with E-state index >= 15 is 0 Å². The smallest absolute Gasteiger partial charge is 0.224 e. The second-order valence-corrected chi connectivity index (χ2v) is 10.6. The molecule has 2 bridgehead atoms. The van der Waals surface area contributed by atoms with Gasteiger partial charge in [-0.1, -0.05) is 31.0 Å². The van der Waals surface area contributed by atoms with Gasteiger partial charge in [0.25, 0.3) is 0 Å². The number of carbonyl (C=O) groups is 2. The SMILES string of the molecule is CCCCOC(CNC(=O)C1C2CCC(C2)C1C(N)=O)CN1CCN(c2cccc(Cl)c2)CC1. The van der Waals surface area contributed by atoms with Gasteiger partial charge in [-0.05, 0) is 55.7 Å². The van der Waals surface area contributed by atoms with Gasteiger partial charge in [0.1, 0.15) is 0 Å². The maximum absolute atomic E-state index is 13.1. The number of anilines is 1. The van der Waals surface area contributed by atoms with Crippen LogP contribution in [0.25, 0.3) is 0 Å². The number of nitrogens with zero attached hydrogens (tertiary/aromatic N) is 2. The number of rotatable bonds is 11. The highest BCUT2D eigenvalue weighted by atomic mass is 35.5. The summed E-state index contributed by atoms with van der Waals surface area (Å²) in [5, 5.41) is 3.89. The average molecular weight is 491 g/mol. The van der Waals surface area contributed by atoms with Crippen LogP contribution >= 0.6 is 11.6 Å². The van der Waals surface area contributed by atoms with Crippen molar-refractivity contribution in [3.63, 3.8) is 0 Å². The largest absolute Gasteiger partial charge is 0.375 e. The van der Waals surface area contributed by atoms with Crippen molar-refractivity contribution in [2.24, 2.45) is 29.4 Å². The third-order valence-corrected chi connectivity index (χ3v) is 8.15. The summed E-state index contributed by atoms with van der Waals surface area (Å²) in [5.41, 5.74) is 6.83. The first-order valence-corrected chi connectivity index (χ1v) is 13.3. The van der Waals surface area contributed by atoms with Gasteiger partial charge in [-0.2, -0.15) is 0 Å². The van der Waals surface area contributed by atoms with Crippen molar-refractivity contribution in [1.29, 1.82) is 0 Å². The number of nitrogens with two attached hydrogens (primary N) is 1. The molecule has 1 saturated heterocycles. The first-order chi connectivity index (χ1) is 16.5. The molecular formula is C26H39ClN4O3. The molecule has 0 radical (unpaired) electrons. The molecular weight excluding hydrogens is 452 g/mol. The van der Waals surface area contributed by atoms with Crippen LogP contribution in [0.15, 0.2) is 24.3 Å². The molecule has 8 heteroatoms. The molecule has 0 aromatic heterocycles. The minimum absolute atomic E-state index is 0.0223. The Morgan fingerprint density at radius 2 is 1.91 bits per heavy atom. The van der Waals surface area contributed by atoms with E-state index in [0.717, 1.165) is 75.5 Å². The maximum atomic E-state index is 13.1. The average Bonchev–Trinajstić information content (AvgIpc) is 3.45. The number of nitrogens with one attached hydrogen (secondary N) is 1. The van der Waals surface area contributed by atoms with Crippen molar-refractivity contribution in [2.45, 2.75) is 45.1 Å². The Balaban J connectivity index is 1.29. The zero-order chi connectivity index (χ0) is 24.1. The molecule has 1 heterocycles. The van der Waals surface area contributed by atoms with Gasteiger partial charge in [-0.3, -0.25) is 14.5 Å². The van der Waals surface area contributed by atoms with Gasteiger partial charge in [0.2, 0.25) is 11.8 Å². The number of hydrogen-bond donors (Lipinski definition) is 2. The summed E-state index contributed by atoms with van der Waals surface area (Å²) < 4.78 is 6.18. The van der Waals surface area contributed by atoms with Crippen molar-refractivity contribution in [3.05, 3.63) is 29.3 Å². The number of carbonyl (C=O) groups excluding carboxylic acids is 2. The lowest BCUT2D eigenvalue weighted by Crippen LogP contribution is -2.51. The van der Waals surface area contributed by atoms with E-state index in [2.05, 4.69) is 28.1 Å². The molecule has 3 N–H and O–H groups in total. The van der Waals surface area contributed by atoms with Crippen molar-refractivity contribution < 1.29 is 14.3 Å². The third-order valence-electron chi connectivity index (χ3n) is 7.91. The highest BCUT2D eigenvalue weighted by Gasteiger charge is 2.53. The van der Waals surface area contributed by atoms with E-state index in [4.69, 9.17) is 22.1 Å². The van der Waals surface area contributed by atoms with Crippen LogP contribution in [0, 0.1) is 23.7 Å². The molecule has 2 aliphatic carbocycles. The van der Waals surface area contributed by atoms with Crippen LogP contribution in [-0.2, 0) is 14.3 Å². The fraction of sp³-hybridized carbons (Fsp3) is 0.692. The Bertz CT molecular complexity index is 845. The minimum Gasteiger partial charge on any atom is -0.375 e. The van der Waals surface area contributed by atoms with E-state index in [1.54, 1.807) is 0 Å². The minimum atomic E-state index is -0.319. The lowest BCUT2D eigenvalue weighted by Gasteiger charge is -2.37. The van der Waals surface area contributed by atoms with Crippen molar-refractivity contribution in [3.8, 4) is 0 Å². The highest BCUT2D eigenvalue weighted by molar-refractivity contribution is 6.30. The topological polar surface area (TPSA) is 87.9 Å². The van der Waals surface area contributed by atoms with Crippen LogP contribution in [0.1, 0.15) is 39.0 Å². The van der Waals surface area contributed by atoms with Gasteiger partial charge in [0, 0.05) is 56.6 Å². The molecule has 5 atom stereocenters. The van der Waals surface area contributed by atoms with Crippen LogP contribution in [0.3, 0.4) is 0 Å². The van der Waals surface area contributed by atoms with Crippen molar-refractivity contribution in [2.75, 3.05) is 50.8 Å². The molecule has 2 saturated carbocycles. The van der Waals surface area contributed by atoms with E-state index in [-0.39, 0.29) is 35.7 Å². The number of fused-ring (bicyclic) bond motifs is 2. The first kappa shape index (κ1) is 25.3. The summed E-state index contributed by atoms with van der Waals surface area (Å²) in [6, 6.07) is 8.00. The van der Waals surface area contributed by atoms with E-state index < -0.39 is 0 Å². The lowest BCUT2D eigenvalue weighted by atomic mass is 9.78. The molecule has 1 aromatic carbocycles. The highest BCUT2D eigenvalue weighted by Crippen LogP contribution is 2.52. The number of amides is 2. The normalized spacial score (nSPS) is 27.6. The van der Waals surface area contributed by atoms with E-state index in [1.807, 2.05) is 18.2 Å². The van der Waals surface area contributed by atoms with Crippen LogP contribution in [0.4, 0.5) is 5.69 Å². The Kier molecular flexibility index (Phi) is 8.72. The summed E-state index contributed by atoms with van der Waals surface area (Å²) in [5.74, 6) is -0.342. The second-order valence-electron chi connectivity index (χ2n) is 10.1. The molecule has 1 aromatic rings. The summed E-state index contributed by atoms with van der Waals surface area (Å²) >= 11 is 6.16. The molecule has 188 valence electrons. The maximum Gasteiger partial charge on any atom is 0.224 e. The molecule has 3 fully saturated rings. The van der Waals surface area contributed by atoms with Crippen LogP contribution in [0.5, 0.6) is 0 Å². The Morgan fingerprint density at radius 3 is 2.59 bits per heavy atom. The number of piperazine rings is 1. The zero-order valence-corrected chi connectivity index (χ0v) is 21.0. The van der Waals surface area contributed by atoms with Crippen molar-refractivity contribution in [1.82, 2.24) is 10.2 Å².